The standard InChI is InChI=1S/C21H18O11/c22-6-12-16(25)18(27)19(28)21(32-12)31-11-3-1-2-8-14(11)17(26)13-9(15(8)24)4-7(20(29)30)5-10(13)23/h1-5,12,16,18-19,21-23,25,27-28H,6H2,(H,29,30)/t12-,16-,18-,19-,21-/m1/s1. The smallest absolute Gasteiger partial charge is 0.335 e. The summed E-state index contributed by atoms with van der Waals surface area (Å²) in [5.74, 6) is -3.88. The first kappa shape index (κ1) is 21.9. The molecule has 1 saturated heterocycles. The number of carbonyl (C=O) groups is 3. The van der Waals surface area contributed by atoms with E-state index in [1.807, 2.05) is 0 Å². The van der Waals surface area contributed by atoms with E-state index in [4.69, 9.17) is 9.47 Å². The monoisotopic (exact) mass is 446 g/mol. The molecule has 1 aliphatic heterocycles. The van der Waals surface area contributed by atoms with Crippen molar-refractivity contribution in [3.63, 3.8) is 0 Å². The number of ether oxygens (including phenoxy) is 2. The van der Waals surface area contributed by atoms with Gasteiger partial charge in [-0.3, -0.25) is 9.59 Å². The molecule has 0 radical (unpaired) electrons. The summed E-state index contributed by atoms with van der Waals surface area (Å²) < 4.78 is 10.8. The number of phenolic OH excluding ortho intramolecular Hbond substituents is 1. The second-order valence-corrected chi connectivity index (χ2v) is 7.38. The van der Waals surface area contributed by atoms with E-state index in [-0.39, 0.29) is 28.0 Å². The van der Waals surface area contributed by atoms with Gasteiger partial charge in [-0.2, -0.15) is 0 Å². The summed E-state index contributed by atoms with van der Waals surface area (Å²) in [6, 6.07) is 5.81. The summed E-state index contributed by atoms with van der Waals surface area (Å²) in [5.41, 5.74) is -1.46. The van der Waals surface area contributed by atoms with Crippen LogP contribution in [0.1, 0.15) is 42.2 Å². The summed E-state index contributed by atoms with van der Waals surface area (Å²) in [6.45, 7) is -0.692. The number of phenols is 1. The quantitative estimate of drug-likeness (QED) is 0.289. The Morgan fingerprint density at radius 3 is 2.34 bits per heavy atom. The van der Waals surface area contributed by atoms with Gasteiger partial charge in [0.2, 0.25) is 12.1 Å². The number of carboxylic acids is 1. The van der Waals surface area contributed by atoms with Gasteiger partial charge in [0.1, 0.15) is 35.9 Å². The van der Waals surface area contributed by atoms with Crippen LogP contribution >= 0.6 is 0 Å². The molecule has 0 unspecified atom stereocenters. The Labute approximate surface area is 179 Å². The minimum atomic E-state index is -1.75. The van der Waals surface area contributed by atoms with Crippen molar-refractivity contribution < 1.29 is 54.5 Å². The molecule has 4 rings (SSSR count). The van der Waals surface area contributed by atoms with Crippen LogP contribution < -0.4 is 4.74 Å². The zero-order valence-corrected chi connectivity index (χ0v) is 16.2. The molecule has 1 heterocycles. The number of rotatable bonds is 4. The van der Waals surface area contributed by atoms with Gasteiger partial charge in [0, 0.05) is 11.1 Å². The molecule has 2 aliphatic rings. The summed E-state index contributed by atoms with van der Waals surface area (Å²) in [7, 11) is 0. The number of hydrogen-bond acceptors (Lipinski definition) is 10. The van der Waals surface area contributed by atoms with Gasteiger partial charge in [-0.25, -0.2) is 4.79 Å². The molecule has 32 heavy (non-hydrogen) atoms. The van der Waals surface area contributed by atoms with Crippen molar-refractivity contribution in [2.45, 2.75) is 30.7 Å². The normalized spacial score (nSPS) is 26.9. The number of benzene rings is 2. The van der Waals surface area contributed by atoms with Crippen LogP contribution in [0.25, 0.3) is 0 Å². The molecule has 5 atom stereocenters. The minimum absolute atomic E-state index is 0.133. The van der Waals surface area contributed by atoms with Crippen molar-refractivity contribution in [1.29, 1.82) is 0 Å². The number of aromatic carboxylic acids is 1. The molecule has 11 heteroatoms. The molecule has 0 amide bonds. The van der Waals surface area contributed by atoms with Gasteiger partial charge in [0.25, 0.3) is 0 Å². The highest BCUT2D eigenvalue weighted by atomic mass is 16.7. The van der Waals surface area contributed by atoms with Crippen molar-refractivity contribution in [3.05, 3.63) is 58.1 Å². The number of carboxylic acid groups (broad SMARTS) is 1. The molecular weight excluding hydrogens is 428 g/mol. The van der Waals surface area contributed by atoms with Gasteiger partial charge in [-0.15, -0.1) is 0 Å². The zero-order chi connectivity index (χ0) is 23.3. The van der Waals surface area contributed by atoms with Gasteiger partial charge in [0.15, 0.2) is 5.78 Å². The number of hydrogen-bond donors (Lipinski definition) is 6. The van der Waals surface area contributed by atoms with Crippen molar-refractivity contribution in [3.8, 4) is 11.5 Å². The highest BCUT2D eigenvalue weighted by Crippen LogP contribution is 2.38. The topological polar surface area (TPSA) is 191 Å². The molecule has 2 aromatic carbocycles. The highest BCUT2D eigenvalue weighted by molar-refractivity contribution is 6.30. The molecule has 168 valence electrons. The van der Waals surface area contributed by atoms with Crippen LogP contribution in [-0.2, 0) is 4.74 Å². The van der Waals surface area contributed by atoms with Crippen molar-refractivity contribution in [1.82, 2.24) is 0 Å². The first-order chi connectivity index (χ1) is 15.1. The SMILES string of the molecule is O=C(O)c1cc(O)c2c(c1)C(=O)c1cccc(O[C@@H]3O[C@H](CO)[C@@H](O)[C@@H](O)[C@H]3O)c1C2=O. The highest BCUT2D eigenvalue weighted by Gasteiger charge is 2.45. The second kappa shape index (κ2) is 7.97. The third-order valence-corrected chi connectivity index (χ3v) is 5.43. The Kier molecular flexibility index (Phi) is 5.44. The van der Waals surface area contributed by atoms with E-state index in [9.17, 15) is 45.0 Å². The molecule has 2 aromatic rings. The Hall–Kier alpha value is -3.35. The van der Waals surface area contributed by atoms with Crippen LogP contribution in [0.15, 0.2) is 30.3 Å². The maximum Gasteiger partial charge on any atom is 0.335 e. The molecule has 0 aromatic heterocycles. The van der Waals surface area contributed by atoms with Gasteiger partial charge in [-0.1, -0.05) is 12.1 Å². The summed E-state index contributed by atoms with van der Waals surface area (Å²) in [4.78, 5) is 37.4. The Morgan fingerprint density at radius 1 is 0.969 bits per heavy atom. The fraction of sp³-hybridized carbons (Fsp3) is 0.286. The van der Waals surface area contributed by atoms with Crippen LogP contribution in [0, 0.1) is 0 Å². The average Bonchev–Trinajstić information content (AvgIpc) is 2.77. The fourth-order valence-corrected chi connectivity index (χ4v) is 3.78. The third-order valence-electron chi connectivity index (χ3n) is 5.43. The number of carbonyl (C=O) groups excluding carboxylic acids is 2. The Morgan fingerprint density at radius 2 is 1.69 bits per heavy atom. The number of aliphatic hydroxyl groups is 4. The van der Waals surface area contributed by atoms with Crippen LogP contribution in [0.4, 0.5) is 0 Å². The van der Waals surface area contributed by atoms with E-state index in [0.717, 1.165) is 12.1 Å². The molecule has 0 spiro atoms. The summed E-state index contributed by atoms with van der Waals surface area (Å²) in [5, 5.41) is 58.8. The maximum atomic E-state index is 13.2. The first-order valence-corrected chi connectivity index (χ1v) is 9.45. The van der Waals surface area contributed by atoms with Gasteiger partial charge in [0.05, 0.1) is 23.3 Å². The average molecular weight is 446 g/mol. The van der Waals surface area contributed by atoms with E-state index in [1.54, 1.807) is 0 Å². The van der Waals surface area contributed by atoms with E-state index in [1.165, 1.54) is 18.2 Å². The second-order valence-electron chi connectivity index (χ2n) is 7.38. The fourth-order valence-electron chi connectivity index (χ4n) is 3.78. The lowest BCUT2D eigenvalue weighted by Gasteiger charge is -2.39. The van der Waals surface area contributed by atoms with Gasteiger partial charge < -0.3 is 40.1 Å². The van der Waals surface area contributed by atoms with Gasteiger partial charge in [-0.05, 0) is 18.2 Å². The molecule has 0 bridgehead atoms. The number of aromatic hydroxyl groups is 1. The van der Waals surface area contributed by atoms with Crippen LogP contribution in [0.3, 0.4) is 0 Å². The predicted octanol–water partition coefficient (Wildman–Crippen LogP) is -0.956. The van der Waals surface area contributed by atoms with E-state index in [0.29, 0.717) is 0 Å². The molecule has 1 aliphatic carbocycles. The predicted molar refractivity (Wildman–Crippen MR) is 103 cm³/mol. The molecule has 11 nitrogen and oxygen atoms in total. The van der Waals surface area contributed by atoms with Gasteiger partial charge >= 0.3 is 5.97 Å². The van der Waals surface area contributed by atoms with Crippen molar-refractivity contribution in [2.75, 3.05) is 6.61 Å². The minimum Gasteiger partial charge on any atom is -0.507 e. The number of fused-ring (bicyclic) bond motifs is 2. The largest absolute Gasteiger partial charge is 0.507 e. The van der Waals surface area contributed by atoms with E-state index >= 15 is 0 Å². The first-order valence-electron chi connectivity index (χ1n) is 9.45. The van der Waals surface area contributed by atoms with Crippen molar-refractivity contribution in [2.24, 2.45) is 0 Å². The number of aliphatic hydroxyl groups excluding tert-OH is 4. The molecule has 1 fully saturated rings. The van der Waals surface area contributed by atoms with Crippen LogP contribution in [-0.4, -0.2) is 85.5 Å². The van der Waals surface area contributed by atoms with Crippen LogP contribution in [0.5, 0.6) is 11.5 Å². The van der Waals surface area contributed by atoms with Crippen molar-refractivity contribution >= 4 is 17.5 Å². The van der Waals surface area contributed by atoms with E-state index in [2.05, 4.69) is 0 Å². The lowest BCUT2D eigenvalue weighted by Crippen LogP contribution is -2.60. The maximum absolute atomic E-state index is 13.2. The van der Waals surface area contributed by atoms with E-state index < -0.39 is 66.2 Å². The molecule has 6 N–H and O–H groups in total. The summed E-state index contributed by atoms with van der Waals surface area (Å²) >= 11 is 0. The Bertz CT molecular complexity index is 1120. The lowest BCUT2D eigenvalue weighted by molar-refractivity contribution is -0.277. The van der Waals surface area contributed by atoms with Crippen LogP contribution in [0.2, 0.25) is 0 Å². The zero-order valence-electron chi connectivity index (χ0n) is 16.2. The number of ketones is 2. The molecule has 0 saturated carbocycles. The Balaban J connectivity index is 1.76. The lowest BCUT2D eigenvalue weighted by atomic mass is 9.82. The third kappa shape index (κ3) is 3.32. The summed E-state index contributed by atoms with van der Waals surface area (Å²) in [6.07, 6.45) is -7.95. The molecular formula is C21H18O11.